The second-order valence-corrected chi connectivity index (χ2v) is 7.10. The van der Waals surface area contributed by atoms with Crippen molar-refractivity contribution in [1.29, 1.82) is 0 Å². The van der Waals surface area contributed by atoms with Gasteiger partial charge in [-0.3, -0.25) is 9.59 Å². The van der Waals surface area contributed by atoms with Crippen LogP contribution in [-0.2, 0) is 11.2 Å². The smallest absolute Gasteiger partial charge is 0.251 e. The van der Waals surface area contributed by atoms with E-state index in [9.17, 15) is 14.7 Å². The third-order valence-electron chi connectivity index (χ3n) is 5.86. The van der Waals surface area contributed by atoms with Gasteiger partial charge < -0.3 is 15.7 Å². The predicted molar refractivity (Wildman–Crippen MR) is 86.1 cm³/mol. The molecule has 23 heavy (non-hydrogen) atoms. The topological polar surface area (TPSA) is 78.4 Å². The number of hydrogen-bond acceptors (Lipinski definition) is 3. The maximum Gasteiger partial charge on any atom is 0.251 e. The number of rotatable bonds is 3. The third kappa shape index (κ3) is 2.53. The van der Waals surface area contributed by atoms with Gasteiger partial charge in [0, 0.05) is 36.2 Å². The fourth-order valence-corrected chi connectivity index (χ4v) is 4.66. The minimum atomic E-state index is -0.0688. The Hall–Kier alpha value is -1.88. The first kappa shape index (κ1) is 14.7. The quantitative estimate of drug-likeness (QED) is 0.795. The summed E-state index contributed by atoms with van der Waals surface area (Å²) in [6.45, 7) is 0.155. The first-order valence-corrected chi connectivity index (χ1v) is 8.50. The van der Waals surface area contributed by atoms with E-state index in [1.807, 2.05) is 12.1 Å². The van der Waals surface area contributed by atoms with Gasteiger partial charge in [-0.25, -0.2) is 0 Å². The molecule has 3 N–H and O–H groups in total. The molecule has 4 rings (SSSR count). The number of anilines is 1. The van der Waals surface area contributed by atoms with E-state index < -0.39 is 0 Å². The van der Waals surface area contributed by atoms with Gasteiger partial charge >= 0.3 is 0 Å². The van der Waals surface area contributed by atoms with Crippen molar-refractivity contribution in [3.05, 3.63) is 29.3 Å². The van der Waals surface area contributed by atoms with Crippen molar-refractivity contribution < 1.29 is 14.7 Å². The molecule has 2 saturated carbocycles. The van der Waals surface area contributed by atoms with Gasteiger partial charge in [0.15, 0.2) is 0 Å². The highest BCUT2D eigenvalue weighted by Crippen LogP contribution is 2.48. The van der Waals surface area contributed by atoms with Crippen LogP contribution in [0.2, 0.25) is 0 Å². The zero-order chi connectivity index (χ0) is 16.0. The van der Waals surface area contributed by atoms with Gasteiger partial charge in [-0.05, 0) is 61.3 Å². The summed E-state index contributed by atoms with van der Waals surface area (Å²) in [7, 11) is 0. The molecule has 0 radical (unpaired) electrons. The fraction of sp³-hybridized carbons (Fsp3) is 0.556. The van der Waals surface area contributed by atoms with Crippen molar-refractivity contribution in [3.63, 3.8) is 0 Å². The molecule has 2 amide bonds. The molecule has 4 atom stereocenters. The Labute approximate surface area is 135 Å². The Bertz CT molecular complexity index is 658. The summed E-state index contributed by atoms with van der Waals surface area (Å²) in [6, 6.07) is 5.56. The van der Waals surface area contributed by atoms with Crippen LogP contribution >= 0.6 is 0 Å². The summed E-state index contributed by atoms with van der Waals surface area (Å²) in [5, 5.41) is 15.6. The molecule has 3 aliphatic rings. The van der Waals surface area contributed by atoms with E-state index in [-0.39, 0.29) is 30.4 Å². The van der Waals surface area contributed by atoms with E-state index in [0.717, 1.165) is 24.1 Å². The molecule has 2 aliphatic carbocycles. The van der Waals surface area contributed by atoms with E-state index in [1.54, 1.807) is 6.07 Å². The van der Waals surface area contributed by atoms with Gasteiger partial charge in [-0.1, -0.05) is 0 Å². The highest BCUT2D eigenvalue weighted by Gasteiger charge is 2.47. The van der Waals surface area contributed by atoms with Crippen LogP contribution in [0.3, 0.4) is 0 Å². The van der Waals surface area contributed by atoms with Crippen LogP contribution in [0.15, 0.2) is 18.2 Å². The molecule has 0 aromatic heterocycles. The van der Waals surface area contributed by atoms with Gasteiger partial charge in [0.05, 0.1) is 0 Å². The number of aryl methyl sites for hydroxylation is 1. The molecule has 2 fully saturated rings. The molecule has 0 spiro atoms. The molecule has 1 aliphatic heterocycles. The zero-order valence-corrected chi connectivity index (χ0v) is 13.0. The van der Waals surface area contributed by atoms with Crippen LogP contribution in [0.5, 0.6) is 0 Å². The molecule has 122 valence electrons. The molecular weight excluding hydrogens is 292 g/mol. The standard InChI is InChI=1S/C18H22N2O3/c21-9-14-10-1-2-12(7-10)17(14)20-18(23)13-3-5-15-11(8-13)4-6-16(22)19-15/h3,5,8,10,12,14,17,21H,1-2,4,6-7,9H2,(H,19,22)(H,20,23). The largest absolute Gasteiger partial charge is 0.396 e. The third-order valence-corrected chi connectivity index (χ3v) is 5.86. The van der Waals surface area contributed by atoms with Crippen LogP contribution < -0.4 is 10.6 Å². The molecule has 1 heterocycles. The summed E-state index contributed by atoms with van der Waals surface area (Å²) < 4.78 is 0. The van der Waals surface area contributed by atoms with Crippen LogP contribution in [0.4, 0.5) is 5.69 Å². The second kappa shape index (κ2) is 5.64. The van der Waals surface area contributed by atoms with Crippen molar-refractivity contribution in [2.24, 2.45) is 17.8 Å². The van der Waals surface area contributed by atoms with Crippen LogP contribution in [0.1, 0.15) is 41.6 Å². The van der Waals surface area contributed by atoms with Gasteiger partial charge in [0.25, 0.3) is 5.91 Å². The van der Waals surface area contributed by atoms with Crippen molar-refractivity contribution in [2.75, 3.05) is 11.9 Å². The normalized spacial score (nSPS) is 31.6. The minimum Gasteiger partial charge on any atom is -0.396 e. The number of nitrogens with one attached hydrogen (secondary N) is 2. The number of amides is 2. The maximum absolute atomic E-state index is 12.6. The summed E-state index contributed by atoms with van der Waals surface area (Å²) in [6.07, 6.45) is 4.61. The number of aliphatic hydroxyl groups excluding tert-OH is 1. The van der Waals surface area contributed by atoms with Crippen LogP contribution in [-0.4, -0.2) is 29.6 Å². The monoisotopic (exact) mass is 314 g/mol. The number of fused-ring (bicyclic) bond motifs is 3. The van der Waals surface area contributed by atoms with Crippen LogP contribution in [0.25, 0.3) is 0 Å². The van der Waals surface area contributed by atoms with Gasteiger partial charge in [0.2, 0.25) is 5.91 Å². The van der Waals surface area contributed by atoms with E-state index in [4.69, 9.17) is 0 Å². The Morgan fingerprint density at radius 1 is 1.26 bits per heavy atom. The lowest BCUT2D eigenvalue weighted by molar-refractivity contribution is -0.116. The molecular formula is C18H22N2O3. The Balaban J connectivity index is 1.50. The highest BCUT2D eigenvalue weighted by atomic mass is 16.3. The lowest BCUT2D eigenvalue weighted by Gasteiger charge is -2.30. The zero-order valence-electron chi connectivity index (χ0n) is 13.0. The van der Waals surface area contributed by atoms with Gasteiger partial charge in [-0.15, -0.1) is 0 Å². The Morgan fingerprint density at radius 3 is 2.91 bits per heavy atom. The Morgan fingerprint density at radius 2 is 2.09 bits per heavy atom. The van der Waals surface area contributed by atoms with E-state index in [1.165, 1.54) is 6.42 Å². The van der Waals surface area contributed by atoms with Crippen molar-refractivity contribution in [1.82, 2.24) is 5.32 Å². The summed E-state index contributed by atoms with van der Waals surface area (Å²) in [4.78, 5) is 24.0. The average Bonchev–Trinajstić information content (AvgIpc) is 3.15. The van der Waals surface area contributed by atoms with Gasteiger partial charge in [0.1, 0.15) is 0 Å². The lowest BCUT2D eigenvalue weighted by Crippen LogP contribution is -2.45. The van der Waals surface area contributed by atoms with E-state index in [0.29, 0.717) is 30.2 Å². The average molecular weight is 314 g/mol. The van der Waals surface area contributed by atoms with Crippen LogP contribution in [0, 0.1) is 17.8 Å². The van der Waals surface area contributed by atoms with E-state index >= 15 is 0 Å². The highest BCUT2D eigenvalue weighted by molar-refractivity contribution is 5.98. The molecule has 1 aromatic carbocycles. The molecule has 5 heteroatoms. The van der Waals surface area contributed by atoms with Crippen molar-refractivity contribution >= 4 is 17.5 Å². The minimum absolute atomic E-state index is 0.0301. The summed E-state index contributed by atoms with van der Waals surface area (Å²) in [5.74, 6) is 1.24. The number of carbonyl (C=O) groups excluding carboxylic acids is 2. The Kier molecular flexibility index (Phi) is 3.60. The number of carbonyl (C=O) groups is 2. The molecule has 2 bridgehead atoms. The van der Waals surface area contributed by atoms with Gasteiger partial charge in [-0.2, -0.15) is 0 Å². The number of aliphatic hydroxyl groups is 1. The SMILES string of the molecule is O=C1CCc2cc(C(=O)NC3C4CCC(C4)C3CO)ccc2N1. The number of benzene rings is 1. The second-order valence-electron chi connectivity index (χ2n) is 7.10. The predicted octanol–water partition coefficient (Wildman–Crippen LogP) is 1.71. The van der Waals surface area contributed by atoms with E-state index in [2.05, 4.69) is 10.6 Å². The van der Waals surface area contributed by atoms with Crippen molar-refractivity contribution in [2.45, 2.75) is 38.1 Å². The molecule has 5 nitrogen and oxygen atoms in total. The molecule has 1 aromatic rings. The maximum atomic E-state index is 12.6. The number of hydrogen-bond donors (Lipinski definition) is 3. The summed E-state index contributed by atoms with van der Waals surface area (Å²) in [5.41, 5.74) is 2.47. The lowest BCUT2D eigenvalue weighted by atomic mass is 9.85. The first-order chi connectivity index (χ1) is 11.2. The molecule has 4 unspecified atom stereocenters. The summed E-state index contributed by atoms with van der Waals surface area (Å²) >= 11 is 0. The first-order valence-electron chi connectivity index (χ1n) is 8.50. The van der Waals surface area contributed by atoms with Crippen molar-refractivity contribution in [3.8, 4) is 0 Å². The molecule has 0 saturated heterocycles. The fourth-order valence-electron chi connectivity index (χ4n) is 4.66.